The van der Waals surface area contributed by atoms with Gasteiger partial charge < -0.3 is 15.5 Å². The summed E-state index contributed by atoms with van der Waals surface area (Å²) >= 11 is 0. The molecule has 0 spiro atoms. The van der Waals surface area contributed by atoms with Crippen molar-refractivity contribution >= 4 is 28.2 Å². The van der Waals surface area contributed by atoms with Crippen LogP contribution in [0.1, 0.15) is 11.3 Å². The summed E-state index contributed by atoms with van der Waals surface area (Å²) in [6.07, 6.45) is 0. The number of aryl methyl sites for hydroxylation is 1. The zero-order valence-corrected chi connectivity index (χ0v) is 15.4. The van der Waals surface area contributed by atoms with Crippen LogP contribution in [0.25, 0.3) is 10.9 Å². The number of amides is 1. The molecule has 0 saturated heterocycles. The van der Waals surface area contributed by atoms with Gasteiger partial charge >= 0.3 is 0 Å². The minimum Gasteiger partial charge on any atom is -0.381 e. The van der Waals surface area contributed by atoms with Gasteiger partial charge in [0.15, 0.2) is 0 Å². The molecule has 0 aliphatic rings. The Hall–Kier alpha value is -2.92. The molecule has 1 aromatic heterocycles. The fourth-order valence-corrected chi connectivity index (χ4v) is 2.75. The molecular weight excluding hydrogens is 324 g/mol. The third-order valence-electron chi connectivity index (χ3n) is 4.02. The molecule has 0 aliphatic heterocycles. The second kappa shape index (κ2) is 7.97. The van der Waals surface area contributed by atoms with E-state index in [9.17, 15) is 4.79 Å². The molecule has 0 bridgehead atoms. The summed E-state index contributed by atoms with van der Waals surface area (Å²) in [5, 5.41) is 7.44. The van der Waals surface area contributed by atoms with E-state index in [1.165, 1.54) is 5.56 Å². The van der Waals surface area contributed by atoms with Gasteiger partial charge in [0.1, 0.15) is 0 Å². The van der Waals surface area contributed by atoms with Crippen molar-refractivity contribution in [3.63, 3.8) is 0 Å². The van der Waals surface area contributed by atoms with Gasteiger partial charge in [-0.3, -0.25) is 9.78 Å². The number of rotatable bonds is 6. The van der Waals surface area contributed by atoms with Crippen molar-refractivity contribution in [1.82, 2.24) is 9.88 Å². The molecule has 0 radical (unpaired) electrons. The number of pyridine rings is 1. The van der Waals surface area contributed by atoms with E-state index in [-0.39, 0.29) is 5.91 Å². The van der Waals surface area contributed by atoms with E-state index < -0.39 is 0 Å². The maximum Gasteiger partial charge on any atom is 0.238 e. The lowest BCUT2D eigenvalue weighted by molar-refractivity contribution is -0.116. The van der Waals surface area contributed by atoms with Crippen molar-refractivity contribution in [1.29, 1.82) is 0 Å². The molecule has 3 aromatic rings. The first-order valence-electron chi connectivity index (χ1n) is 8.64. The highest BCUT2D eigenvalue weighted by Crippen LogP contribution is 2.17. The lowest BCUT2D eigenvalue weighted by atomic mass is 10.1. The first kappa shape index (κ1) is 17.9. The minimum absolute atomic E-state index is 0.0179. The van der Waals surface area contributed by atoms with Crippen molar-refractivity contribution in [2.24, 2.45) is 0 Å². The number of hydrogen-bond donors (Lipinski definition) is 2. The number of aromatic nitrogens is 1. The highest BCUT2D eigenvalue weighted by Gasteiger charge is 2.04. The number of carbonyl (C=O) groups is 1. The summed E-state index contributed by atoms with van der Waals surface area (Å²) < 4.78 is 0. The largest absolute Gasteiger partial charge is 0.381 e. The van der Waals surface area contributed by atoms with Gasteiger partial charge in [-0.1, -0.05) is 12.1 Å². The Bertz CT molecular complexity index is 904. The summed E-state index contributed by atoms with van der Waals surface area (Å²) in [7, 11) is 3.74. The molecule has 0 atom stereocenters. The predicted molar refractivity (Wildman–Crippen MR) is 107 cm³/mol. The van der Waals surface area contributed by atoms with Crippen LogP contribution in [-0.4, -0.2) is 36.4 Å². The fraction of sp³-hybridized carbons (Fsp3) is 0.238. The lowest BCUT2D eigenvalue weighted by Crippen LogP contribution is -2.27. The second-order valence-corrected chi connectivity index (χ2v) is 6.70. The van der Waals surface area contributed by atoms with Gasteiger partial charge in [-0.2, -0.15) is 0 Å². The maximum absolute atomic E-state index is 11.8. The molecule has 5 nitrogen and oxygen atoms in total. The lowest BCUT2D eigenvalue weighted by Gasteiger charge is -2.11. The highest BCUT2D eigenvalue weighted by molar-refractivity contribution is 5.92. The van der Waals surface area contributed by atoms with Crippen LogP contribution in [0.5, 0.6) is 0 Å². The number of carbonyl (C=O) groups excluding carboxylic acids is 1. The van der Waals surface area contributed by atoms with Crippen LogP contribution >= 0.6 is 0 Å². The van der Waals surface area contributed by atoms with Crippen LogP contribution in [0, 0.1) is 6.92 Å². The third-order valence-corrected chi connectivity index (χ3v) is 4.02. The molecule has 0 unspecified atom stereocenters. The first-order valence-corrected chi connectivity index (χ1v) is 8.64. The SMILES string of the molecule is Cc1ccc2cc(CNc3ccc(NC(=O)CN(C)C)cc3)ccc2n1. The van der Waals surface area contributed by atoms with Crippen LogP contribution in [-0.2, 0) is 11.3 Å². The Balaban J connectivity index is 1.59. The predicted octanol–water partition coefficient (Wildman–Crippen LogP) is 3.66. The Morgan fingerprint density at radius 1 is 1.00 bits per heavy atom. The minimum atomic E-state index is -0.0179. The molecule has 2 N–H and O–H groups in total. The Kier molecular flexibility index (Phi) is 5.49. The standard InChI is InChI=1S/C21H24N4O/c1-15-4-6-17-12-16(5-11-20(17)23-15)13-22-18-7-9-19(10-8-18)24-21(26)14-25(2)3/h4-12,22H,13-14H2,1-3H3,(H,24,26). The number of nitrogens with one attached hydrogen (secondary N) is 2. The number of nitrogens with zero attached hydrogens (tertiary/aromatic N) is 2. The molecule has 0 aliphatic carbocycles. The second-order valence-electron chi connectivity index (χ2n) is 6.70. The van der Waals surface area contributed by atoms with Gasteiger partial charge in [0.25, 0.3) is 0 Å². The van der Waals surface area contributed by atoms with Crippen LogP contribution in [0.2, 0.25) is 0 Å². The van der Waals surface area contributed by atoms with E-state index in [1.807, 2.05) is 56.3 Å². The molecule has 3 rings (SSSR count). The normalized spacial score (nSPS) is 10.9. The van der Waals surface area contributed by atoms with E-state index in [0.29, 0.717) is 6.54 Å². The third kappa shape index (κ3) is 4.80. The van der Waals surface area contributed by atoms with Crippen LogP contribution in [0.15, 0.2) is 54.6 Å². The van der Waals surface area contributed by atoms with Gasteiger partial charge in [-0.05, 0) is 69.0 Å². The van der Waals surface area contributed by atoms with E-state index in [0.717, 1.165) is 34.5 Å². The van der Waals surface area contributed by atoms with Gasteiger partial charge in [0.2, 0.25) is 5.91 Å². The summed E-state index contributed by atoms with van der Waals surface area (Å²) in [5.74, 6) is -0.0179. The summed E-state index contributed by atoms with van der Waals surface area (Å²) in [4.78, 5) is 18.1. The Morgan fingerprint density at radius 3 is 2.46 bits per heavy atom. The smallest absolute Gasteiger partial charge is 0.238 e. The van der Waals surface area contributed by atoms with Crippen LogP contribution in [0.4, 0.5) is 11.4 Å². The highest BCUT2D eigenvalue weighted by atomic mass is 16.2. The Morgan fingerprint density at radius 2 is 1.73 bits per heavy atom. The average Bonchev–Trinajstić information content (AvgIpc) is 2.60. The van der Waals surface area contributed by atoms with E-state index in [2.05, 4.69) is 39.9 Å². The van der Waals surface area contributed by atoms with Gasteiger partial charge in [0, 0.05) is 29.0 Å². The van der Waals surface area contributed by atoms with E-state index >= 15 is 0 Å². The van der Waals surface area contributed by atoms with E-state index in [1.54, 1.807) is 0 Å². The summed E-state index contributed by atoms with van der Waals surface area (Å²) in [5.41, 5.74) is 5.06. The first-order chi connectivity index (χ1) is 12.5. The van der Waals surface area contributed by atoms with Gasteiger partial charge in [-0.25, -0.2) is 0 Å². The quantitative estimate of drug-likeness (QED) is 0.714. The van der Waals surface area contributed by atoms with Gasteiger partial charge in [-0.15, -0.1) is 0 Å². The van der Waals surface area contributed by atoms with Crippen molar-refractivity contribution in [2.45, 2.75) is 13.5 Å². The van der Waals surface area contributed by atoms with Crippen molar-refractivity contribution in [3.05, 3.63) is 65.9 Å². The number of hydrogen-bond acceptors (Lipinski definition) is 4. The summed E-state index contributed by atoms with van der Waals surface area (Å²) in [6.45, 7) is 3.11. The number of anilines is 2. The van der Waals surface area contributed by atoms with Crippen molar-refractivity contribution in [2.75, 3.05) is 31.3 Å². The number of benzene rings is 2. The molecular formula is C21H24N4O. The van der Waals surface area contributed by atoms with Gasteiger partial charge in [0.05, 0.1) is 12.1 Å². The zero-order chi connectivity index (χ0) is 18.5. The van der Waals surface area contributed by atoms with Crippen LogP contribution in [0.3, 0.4) is 0 Å². The molecule has 2 aromatic carbocycles. The van der Waals surface area contributed by atoms with Crippen molar-refractivity contribution in [3.8, 4) is 0 Å². The number of fused-ring (bicyclic) bond motifs is 1. The average molecular weight is 348 g/mol. The number of likely N-dealkylation sites (N-methyl/N-ethyl adjacent to an activating group) is 1. The summed E-state index contributed by atoms with van der Waals surface area (Å²) in [6, 6.07) is 18.2. The molecule has 1 heterocycles. The maximum atomic E-state index is 11.8. The monoisotopic (exact) mass is 348 g/mol. The topological polar surface area (TPSA) is 57.3 Å². The molecule has 5 heteroatoms. The van der Waals surface area contributed by atoms with E-state index in [4.69, 9.17) is 0 Å². The van der Waals surface area contributed by atoms with Crippen molar-refractivity contribution < 1.29 is 4.79 Å². The van der Waals surface area contributed by atoms with Crippen LogP contribution < -0.4 is 10.6 Å². The molecule has 26 heavy (non-hydrogen) atoms. The zero-order valence-electron chi connectivity index (χ0n) is 15.4. The molecule has 0 fully saturated rings. The Labute approximate surface area is 154 Å². The fourth-order valence-electron chi connectivity index (χ4n) is 2.75. The molecule has 134 valence electrons. The molecule has 0 saturated carbocycles. The molecule has 1 amide bonds.